The molecule has 3 aliphatic rings. The molecular formula is C21H33FO2. The van der Waals surface area contributed by atoms with Crippen molar-refractivity contribution in [1.82, 2.24) is 0 Å². The maximum absolute atomic E-state index is 13.2. The van der Waals surface area contributed by atoms with E-state index in [-0.39, 0.29) is 12.1 Å². The van der Waals surface area contributed by atoms with Crippen LogP contribution in [0.1, 0.15) is 64.7 Å². The van der Waals surface area contributed by atoms with E-state index >= 15 is 0 Å². The number of rotatable bonds is 5. The lowest BCUT2D eigenvalue weighted by Crippen LogP contribution is -2.39. The molecule has 2 fully saturated rings. The van der Waals surface area contributed by atoms with E-state index in [1.54, 1.807) is 0 Å². The molecule has 2 aliphatic carbocycles. The summed E-state index contributed by atoms with van der Waals surface area (Å²) in [6.45, 7) is 3.78. The van der Waals surface area contributed by atoms with Gasteiger partial charge in [-0.25, -0.2) is 4.39 Å². The standard InChI is InChI=1S/C21H33FO2/c1-2-3-4-5-16-14-23-21(24-15-16)19-8-6-17(7-9-19)18-10-12-20(22)13-11-18/h2-3,12,16-19,21H,4-11,13-15H2,1H3/b3-2+. The predicted molar refractivity (Wildman–Crippen MR) is 95.2 cm³/mol. The minimum absolute atomic E-state index is 0.0209. The third-order valence-electron chi connectivity index (χ3n) is 6.23. The summed E-state index contributed by atoms with van der Waals surface area (Å²) in [6.07, 6.45) is 16.1. The summed E-state index contributed by atoms with van der Waals surface area (Å²) in [5.41, 5.74) is 0. The van der Waals surface area contributed by atoms with Gasteiger partial charge < -0.3 is 9.47 Å². The first-order valence-electron chi connectivity index (χ1n) is 9.95. The summed E-state index contributed by atoms with van der Waals surface area (Å²) in [5, 5.41) is 0. The Hall–Kier alpha value is -0.670. The van der Waals surface area contributed by atoms with Crippen LogP contribution >= 0.6 is 0 Å². The monoisotopic (exact) mass is 336 g/mol. The van der Waals surface area contributed by atoms with Crippen molar-refractivity contribution < 1.29 is 13.9 Å². The Bertz CT molecular complexity index is 429. The lowest BCUT2D eigenvalue weighted by molar-refractivity contribution is -0.230. The van der Waals surface area contributed by atoms with Crippen LogP contribution < -0.4 is 0 Å². The summed E-state index contributed by atoms with van der Waals surface area (Å²) in [6, 6.07) is 0. The second-order valence-corrected chi connectivity index (χ2v) is 7.91. The average Bonchev–Trinajstić information content (AvgIpc) is 2.63. The van der Waals surface area contributed by atoms with Crippen LogP contribution in [0.25, 0.3) is 0 Å². The quantitative estimate of drug-likeness (QED) is 0.591. The maximum atomic E-state index is 13.2. The van der Waals surface area contributed by atoms with E-state index in [1.807, 2.05) is 6.08 Å². The van der Waals surface area contributed by atoms with Gasteiger partial charge in [0.2, 0.25) is 0 Å². The van der Waals surface area contributed by atoms with Crippen LogP contribution in [-0.2, 0) is 9.47 Å². The molecule has 1 aliphatic heterocycles. The fourth-order valence-electron chi connectivity index (χ4n) is 4.63. The molecule has 0 aromatic heterocycles. The topological polar surface area (TPSA) is 18.5 Å². The summed E-state index contributed by atoms with van der Waals surface area (Å²) in [5.74, 6) is 2.71. The molecule has 0 bridgehead atoms. The van der Waals surface area contributed by atoms with Crippen molar-refractivity contribution >= 4 is 0 Å². The minimum atomic E-state index is 0.0209. The highest BCUT2D eigenvalue weighted by Crippen LogP contribution is 2.41. The molecule has 1 heterocycles. The number of halogens is 1. The SMILES string of the molecule is C/C=C/CCC1COC(C2CCC(C3CC=C(F)CC3)CC2)OC1. The lowest BCUT2D eigenvalue weighted by Gasteiger charge is -2.39. The van der Waals surface area contributed by atoms with Crippen molar-refractivity contribution in [1.29, 1.82) is 0 Å². The van der Waals surface area contributed by atoms with Gasteiger partial charge in [0.05, 0.1) is 19.0 Å². The van der Waals surface area contributed by atoms with E-state index < -0.39 is 0 Å². The molecule has 136 valence electrons. The molecule has 0 amide bonds. The van der Waals surface area contributed by atoms with E-state index in [2.05, 4.69) is 19.1 Å². The third kappa shape index (κ3) is 4.92. The van der Waals surface area contributed by atoms with Crippen LogP contribution in [-0.4, -0.2) is 19.5 Å². The highest BCUT2D eigenvalue weighted by molar-refractivity contribution is 4.99. The Kier molecular flexibility index (Phi) is 6.91. The fourth-order valence-corrected chi connectivity index (χ4v) is 4.63. The molecule has 1 saturated carbocycles. The molecule has 1 saturated heterocycles. The zero-order chi connectivity index (χ0) is 16.8. The third-order valence-corrected chi connectivity index (χ3v) is 6.23. The smallest absolute Gasteiger partial charge is 0.160 e. The number of allylic oxidation sites excluding steroid dienone is 4. The first-order chi connectivity index (χ1) is 11.8. The molecule has 0 aromatic rings. The molecule has 24 heavy (non-hydrogen) atoms. The minimum Gasteiger partial charge on any atom is -0.352 e. The van der Waals surface area contributed by atoms with Crippen LogP contribution in [0.3, 0.4) is 0 Å². The average molecular weight is 336 g/mol. The molecule has 0 aromatic carbocycles. The van der Waals surface area contributed by atoms with Crippen molar-refractivity contribution in [3.63, 3.8) is 0 Å². The van der Waals surface area contributed by atoms with E-state index in [9.17, 15) is 4.39 Å². The highest BCUT2D eigenvalue weighted by Gasteiger charge is 2.34. The second-order valence-electron chi connectivity index (χ2n) is 7.91. The second kappa shape index (κ2) is 9.15. The van der Waals surface area contributed by atoms with E-state index in [0.29, 0.717) is 24.2 Å². The highest BCUT2D eigenvalue weighted by atomic mass is 19.1. The molecule has 0 spiro atoms. The largest absolute Gasteiger partial charge is 0.352 e. The molecule has 3 rings (SSSR count). The number of hydrogen-bond acceptors (Lipinski definition) is 2. The molecular weight excluding hydrogens is 303 g/mol. The Morgan fingerprint density at radius 3 is 2.38 bits per heavy atom. The Balaban J connectivity index is 1.37. The first kappa shape index (κ1) is 18.1. The van der Waals surface area contributed by atoms with E-state index in [1.165, 1.54) is 25.7 Å². The van der Waals surface area contributed by atoms with Crippen LogP contribution in [0.2, 0.25) is 0 Å². The van der Waals surface area contributed by atoms with E-state index in [4.69, 9.17) is 9.47 Å². The zero-order valence-corrected chi connectivity index (χ0v) is 15.1. The van der Waals surface area contributed by atoms with Gasteiger partial charge in [-0.05, 0) is 76.5 Å². The molecule has 1 unspecified atom stereocenters. The fraction of sp³-hybridized carbons (Fsp3) is 0.810. The Morgan fingerprint density at radius 1 is 1.04 bits per heavy atom. The van der Waals surface area contributed by atoms with Crippen molar-refractivity contribution in [3.05, 3.63) is 24.1 Å². The van der Waals surface area contributed by atoms with Gasteiger partial charge in [-0.3, -0.25) is 0 Å². The van der Waals surface area contributed by atoms with Gasteiger partial charge in [0.1, 0.15) is 0 Å². The van der Waals surface area contributed by atoms with Crippen LogP contribution in [0.5, 0.6) is 0 Å². The maximum Gasteiger partial charge on any atom is 0.160 e. The normalized spacial score (nSPS) is 38.2. The van der Waals surface area contributed by atoms with Crippen molar-refractivity contribution in [3.8, 4) is 0 Å². The molecule has 1 atom stereocenters. The lowest BCUT2D eigenvalue weighted by atomic mass is 9.72. The Labute approximate surface area is 146 Å². The molecule has 0 radical (unpaired) electrons. The van der Waals surface area contributed by atoms with Crippen LogP contribution in [0.15, 0.2) is 24.1 Å². The summed E-state index contributed by atoms with van der Waals surface area (Å²) >= 11 is 0. The number of ether oxygens (including phenoxy) is 2. The van der Waals surface area contributed by atoms with Crippen LogP contribution in [0.4, 0.5) is 4.39 Å². The number of hydrogen-bond donors (Lipinski definition) is 0. The summed E-state index contributed by atoms with van der Waals surface area (Å²) in [4.78, 5) is 0. The zero-order valence-electron chi connectivity index (χ0n) is 15.1. The van der Waals surface area contributed by atoms with Gasteiger partial charge >= 0.3 is 0 Å². The van der Waals surface area contributed by atoms with Gasteiger partial charge in [-0.15, -0.1) is 0 Å². The van der Waals surface area contributed by atoms with Crippen molar-refractivity contribution in [2.24, 2.45) is 23.7 Å². The van der Waals surface area contributed by atoms with Crippen LogP contribution in [0, 0.1) is 23.7 Å². The first-order valence-corrected chi connectivity index (χ1v) is 9.95. The van der Waals surface area contributed by atoms with Crippen molar-refractivity contribution in [2.75, 3.05) is 13.2 Å². The molecule has 0 N–H and O–H groups in total. The molecule has 2 nitrogen and oxygen atoms in total. The predicted octanol–water partition coefficient (Wildman–Crippen LogP) is 5.79. The van der Waals surface area contributed by atoms with Gasteiger partial charge in [-0.1, -0.05) is 18.2 Å². The van der Waals surface area contributed by atoms with Gasteiger partial charge in [0.15, 0.2) is 6.29 Å². The van der Waals surface area contributed by atoms with Gasteiger partial charge in [0.25, 0.3) is 0 Å². The summed E-state index contributed by atoms with van der Waals surface area (Å²) in [7, 11) is 0. The van der Waals surface area contributed by atoms with Gasteiger partial charge in [-0.2, -0.15) is 0 Å². The van der Waals surface area contributed by atoms with Crippen molar-refractivity contribution in [2.45, 2.75) is 71.0 Å². The van der Waals surface area contributed by atoms with E-state index in [0.717, 1.165) is 44.8 Å². The molecule has 3 heteroatoms. The summed E-state index contributed by atoms with van der Waals surface area (Å²) < 4.78 is 25.3. The Morgan fingerprint density at radius 2 is 1.75 bits per heavy atom. The van der Waals surface area contributed by atoms with Gasteiger partial charge in [0, 0.05) is 11.8 Å².